The van der Waals surface area contributed by atoms with Crippen LogP contribution in [0.3, 0.4) is 0 Å². The molecule has 1 fully saturated rings. The Morgan fingerprint density at radius 2 is 1.70 bits per heavy atom. The highest BCUT2D eigenvalue weighted by atomic mass is 32.1. The molecule has 0 saturated carbocycles. The molecule has 2 aliphatic rings. The highest BCUT2D eigenvalue weighted by Crippen LogP contribution is 2.33. The lowest BCUT2D eigenvalue weighted by Gasteiger charge is -2.34. The van der Waals surface area contributed by atoms with Crippen LogP contribution in [0.15, 0.2) is 24.3 Å². The van der Waals surface area contributed by atoms with E-state index in [1.807, 2.05) is 4.90 Å². The molecule has 1 aromatic heterocycles. The lowest BCUT2D eigenvalue weighted by molar-refractivity contribution is 0.0536. The van der Waals surface area contributed by atoms with E-state index in [2.05, 4.69) is 13.0 Å². The average Bonchev–Trinajstić information content (AvgIpc) is 3.21. The number of carbonyl (C=O) groups is 2. The first kappa shape index (κ1) is 20.7. The van der Waals surface area contributed by atoms with Crippen LogP contribution in [0.25, 0.3) is 0 Å². The predicted octanol–water partition coefficient (Wildman–Crippen LogP) is 3.49. The summed E-state index contributed by atoms with van der Waals surface area (Å²) in [7, 11) is 3.13. The Balaban J connectivity index is 1.40. The van der Waals surface area contributed by atoms with Gasteiger partial charge in [-0.15, -0.1) is 11.3 Å². The number of nitrogens with zero attached hydrogens (tertiary/aromatic N) is 2. The zero-order valence-corrected chi connectivity index (χ0v) is 18.6. The number of benzene rings is 1. The Kier molecular flexibility index (Phi) is 5.99. The van der Waals surface area contributed by atoms with E-state index in [-0.39, 0.29) is 11.8 Å². The Morgan fingerprint density at radius 1 is 1.00 bits per heavy atom. The van der Waals surface area contributed by atoms with Crippen molar-refractivity contribution in [3.8, 4) is 11.5 Å². The summed E-state index contributed by atoms with van der Waals surface area (Å²) in [5.41, 5.74) is 1.86. The molecule has 160 valence electrons. The van der Waals surface area contributed by atoms with Gasteiger partial charge in [0.05, 0.1) is 24.7 Å². The number of amides is 2. The van der Waals surface area contributed by atoms with E-state index in [1.54, 1.807) is 48.7 Å². The van der Waals surface area contributed by atoms with E-state index in [1.165, 1.54) is 16.9 Å². The molecule has 4 rings (SSSR count). The molecule has 1 saturated heterocycles. The van der Waals surface area contributed by atoms with Crippen LogP contribution in [0.1, 0.15) is 43.8 Å². The summed E-state index contributed by atoms with van der Waals surface area (Å²) in [6.07, 6.45) is 3.36. The lowest BCUT2D eigenvalue weighted by Crippen LogP contribution is -2.50. The Bertz CT molecular complexity index is 947. The van der Waals surface area contributed by atoms with Crippen molar-refractivity contribution in [2.24, 2.45) is 5.92 Å². The molecule has 2 amide bonds. The third-order valence-electron chi connectivity index (χ3n) is 6.03. The molecule has 1 unspecified atom stereocenters. The molecule has 2 aromatic rings. The van der Waals surface area contributed by atoms with E-state index in [0.29, 0.717) is 49.2 Å². The van der Waals surface area contributed by atoms with Crippen LogP contribution in [0.5, 0.6) is 11.5 Å². The minimum absolute atomic E-state index is 0.0813. The minimum atomic E-state index is -0.0813. The smallest absolute Gasteiger partial charge is 0.264 e. The summed E-state index contributed by atoms with van der Waals surface area (Å²) in [6, 6.07) is 7.30. The summed E-state index contributed by atoms with van der Waals surface area (Å²) in [5, 5.41) is 0. The monoisotopic (exact) mass is 428 g/mol. The number of piperazine rings is 1. The van der Waals surface area contributed by atoms with Gasteiger partial charge in [-0.2, -0.15) is 0 Å². The minimum Gasteiger partial charge on any atom is -0.497 e. The number of methoxy groups -OCH3 is 2. The number of hydrogen-bond donors (Lipinski definition) is 0. The number of aryl methyl sites for hydroxylation is 1. The van der Waals surface area contributed by atoms with Gasteiger partial charge in [0.1, 0.15) is 11.5 Å². The maximum Gasteiger partial charge on any atom is 0.264 e. The highest BCUT2D eigenvalue weighted by molar-refractivity contribution is 7.14. The van der Waals surface area contributed by atoms with Gasteiger partial charge in [-0.25, -0.2) is 0 Å². The topological polar surface area (TPSA) is 59.1 Å². The third kappa shape index (κ3) is 4.03. The highest BCUT2D eigenvalue weighted by Gasteiger charge is 2.29. The second-order valence-electron chi connectivity index (χ2n) is 8.06. The Morgan fingerprint density at radius 3 is 2.37 bits per heavy atom. The zero-order chi connectivity index (χ0) is 21.3. The fraction of sp³-hybridized carbons (Fsp3) is 0.478. The molecule has 0 bridgehead atoms. The van der Waals surface area contributed by atoms with Crippen molar-refractivity contribution >= 4 is 23.2 Å². The SMILES string of the molecule is COc1ccc(C(=O)N2CCN(C(=O)c3cc4c(s3)CCC(C)C4)CC2)c(OC)c1. The van der Waals surface area contributed by atoms with Crippen LogP contribution in [0.4, 0.5) is 0 Å². The van der Waals surface area contributed by atoms with E-state index in [9.17, 15) is 9.59 Å². The molecule has 30 heavy (non-hydrogen) atoms. The number of hydrogen-bond acceptors (Lipinski definition) is 5. The van der Waals surface area contributed by atoms with Crippen molar-refractivity contribution in [3.63, 3.8) is 0 Å². The summed E-state index contributed by atoms with van der Waals surface area (Å²) >= 11 is 1.65. The van der Waals surface area contributed by atoms with Crippen LogP contribution in [0, 0.1) is 5.92 Å². The Labute approximate surface area is 181 Å². The first-order valence-electron chi connectivity index (χ1n) is 10.4. The average molecular weight is 429 g/mol. The molecule has 0 radical (unpaired) electrons. The van der Waals surface area contributed by atoms with E-state index < -0.39 is 0 Å². The molecule has 1 atom stereocenters. The van der Waals surface area contributed by atoms with E-state index in [0.717, 1.165) is 17.7 Å². The van der Waals surface area contributed by atoms with E-state index in [4.69, 9.17) is 9.47 Å². The first-order chi connectivity index (χ1) is 14.5. The zero-order valence-electron chi connectivity index (χ0n) is 17.8. The van der Waals surface area contributed by atoms with Gasteiger partial charge in [0.2, 0.25) is 0 Å². The van der Waals surface area contributed by atoms with Gasteiger partial charge in [-0.1, -0.05) is 6.92 Å². The second kappa shape index (κ2) is 8.68. The fourth-order valence-electron chi connectivity index (χ4n) is 4.23. The van der Waals surface area contributed by atoms with Gasteiger partial charge < -0.3 is 19.3 Å². The maximum absolute atomic E-state index is 13.0. The van der Waals surface area contributed by atoms with Gasteiger partial charge in [0, 0.05) is 37.1 Å². The van der Waals surface area contributed by atoms with Crippen LogP contribution in [-0.2, 0) is 12.8 Å². The van der Waals surface area contributed by atoms with Crippen LogP contribution in [0.2, 0.25) is 0 Å². The van der Waals surface area contributed by atoms with Crippen molar-refractivity contribution in [2.75, 3.05) is 40.4 Å². The molecule has 0 N–H and O–H groups in total. The summed E-state index contributed by atoms with van der Waals surface area (Å²) < 4.78 is 10.6. The van der Waals surface area contributed by atoms with Crippen molar-refractivity contribution in [3.05, 3.63) is 45.1 Å². The Hall–Kier alpha value is -2.54. The number of thiophene rings is 1. The van der Waals surface area contributed by atoms with Crippen molar-refractivity contribution in [2.45, 2.75) is 26.2 Å². The standard InChI is InChI=1S/C23H28N2O4S/c1-15-4-7-20-16(12-15)13-21(30-20)23(27)25-10-8-24(9-11-25)22(26)18-6-5-17(28-2)14-19(18)29-3/h5-6,13-15H,4,7-12H2,1-3H3. The quantitative estimate of drug-likeness (QED) is 0.748. The normalized spacial score (nSPS) is 18.7. The number of fused-ring (bicyclic) bond motifs is 1. The van der Waals surface area contributed by atoms with Gasteiger partial charge in [-0.05, 0) is 48.9 Å². The molecule has 1 aromatic carbocycles. The van der Waals surface area contributed by atoms with Gasteiger partial charge in [0.25, 0.3) is 11.8 Å². The molecule has 7 heteroatoms. The fourth-order valence-corrected chi connectivity index (χ4v) is 5.40. The largest absolute Gasteiger partial charge is 0.497 e. The third-order valence-corrected chi connectivity index (χ3v) is 7.26. The predicted molar refractivity (Wildman–Crippen MR) is 117 cm³/mol. The molecule has 6 nitrogen and oxygen atoms in total. The number of rotatable bonds is 4. The van der Waals surface area contributed by atoms with Gasteiger partial charge >= 0.3 is 0 Å². The van der Waals surface area contributed by atoms with E-state index >= 15 is 0 Å². The van der Waals surface area contributed by atoms with Crippen LogP contribution >= 0.6 is 11.3 Å². The van der Waals surface area contributed by atoms with Gasteiger partial charge in [0.15, 0.2) is 0 Å². The summed E-state index contributed by atoms with van der Waals surface area (Å²) in [5.74, 6) is 1.85. The van der Waals surface area contributed by atoms with Gasteiger partial charge in [-0.3, -0.25) is 9.59 Å². The number of carbonyl (C=O) groups excluding carboxylic acids is 2. The molecular weight excluding hydrogens is 400 g/mol. The molecular formula is C23H28N2O4S. The summed E-state index contributed by atoms with van der Waals surface area (Å²) in [6.45, 7) is 4.39. The van der Waals surface area contributed by atoms with Crippen molar-refractivity contribution in [1.29, 1.82) is 0 Å². The molecule has 0 spiro atoms. The first-order valence-corrected chi connectivity index (χ1v) is 11.2. The maximum atomic E-state index is 13.0. The second-order valence-corrected chi connectivity index (χ2v) is 9.19. The van der Waals surface area contributed by atoms with Crippen LogP contribution in [-0.4, -0.2) is 62.0 Å². The van der Waals surface area contributed by atoms with Crippen molar-refractivity contribution < 1.29 is 19.1 Å². The molecule has 1 aliphatic heterocycles. The van der Waals surface area contributed by atoms with Crippen molar-refractivity contribution in [1.82, 2.24) is 9.80 Å². The van der Waals surface area contributed by atoms with Crippen LogP contribution < -0.4 is 9.47 Å². The molecule has 2 heterocycles. The molecule has 1 aliphatic carbocycles. The number of ether oxygens (including phenoxy) is 2. The summed E-state index contributed by atoms with van der Waals surface area (Å²) in [4.78, 5) is 31.9. The lowest BCUT2D eigenvalue weighted by atomic mass is 9.90.